The van der Waals surface area contributed by atoms with E-state index in [1.165, 1.54) is 17.6 Å². The van der Waals surface area contributed by atoms with E-state index < -0.39 is 11.9 Å². The fourth-order valence-corrected chi connectivity index (χ4v) is 1.96. The van der Waals surface area contributed by atoms with Crippen LogP contribution < -0.4 is 16.1 Å². The maximum atomic E-state index is 11.4. The standard InChI is InChI=1S/C13H14N4O3S/c18-12(17-16-8-11-4-2-6-21-11)9-15-13(19)14-7-10-3-1-5-20-10/h1-6,8H,7,9H2,(H,17,18)(H2,14,15,19)/b16-8-. The Labute approximate surface area is 125 Å². The van der Waals surface area contributed by atoms with E-state index in [0.29, 0.717) is 5.76 Å². The number of furan rings is 1. The van der Waals surface area contributed by atoms with Gasteiger partial charge in [-0.2, -0.15) is 5.10 Å². The number of hydrazone groups is 1. The Balaban J connectivity index is 1.60. The summed E-state index contributed by atoms with van der Waals surface area (Å²) in [7, 11) is 0. The minimum absolute atomic E-state index is 0.161. The van der Waals surface area contributed by atoms with Crippen LogP contribution in [0.1, 0.15) is 10.6 Å². The van der Waals surface area contributed by atoms with E-state index in [0.717, 1.165) is 4.88 Å². The normalized spacial score (nSPS) is 10.5. The van der Waals surface area contributed by atoms with E-state index in [1.807, 2.05) is 17.5 Å². The molecule has 0 saturated carbocycles. The molecule has 2 heterocycles. The zero-order chi connectivity index (χ0) is 14.9. The third-order valence-electron chi connectivity index (χ3n) is 2.34. The molecule has 0 saturated heterocycles. The van der Waals surface area contributed by atoms with Crippen molar-refractivity contribution in [1.29, 1.82) is 0 Å². The minimum Gasteiger partial charge on any atom is -0.467 e. The lowest BCUT2D eigenvalue weighted by Gasteiger charge is -2.05. The van der Waals surface area contributed by atoms with Crippen LogP contribution in [-0.2, 0) is 11.3 Å². The average molecular weight is 306 g/mol. The molecule has 0 radical (unpaired) electrons. The van der Waals surface area contributed by atoms with Gasteiger partial charge in [0, 0.05) is 4.88 Å². The van der Waals surface area contributed by atoms with E-state index in [-0.39, 0.29) is 13.1 Å². The summed E-state index contributed by atoms with van der Waals surface area (Å²) in [6.07, 6.45) is 3.06. The fourth-order valence-electron chi connectivity index (χ4n) is 1.38. The molecule has 7 nitrogen and oxygen atoms in total. The molecule has 110 valence electrons. The van der Waals surface area contributed by atoms with Gasteiger partial charge < -0.3 is 15.1 Å². The van der Waals surface area contributed by atoms with Gasteiger partial charge in [-0.25, -0.2) is 10.2 Å². The number of hydrogen-bond acceptors (Lipinski definition) is 5. The quantitative estimate of drug-likeness (QED) is 0.554. The first-order chi connectivity index (χ1) is 10.2. The first kappa shape index (κ1) is 14.8. The lowest BCUT2D eigenvalue weighted by molar-refractivity contribution is -0.120. The number of nitrogens with one attached hydrogen (secondary N) is 3. The van der Waals surface area contributed by atoms with Crippen LogP contribution in [0.4, 0.5) is 4.79 Å². The molecule has 0 fully saturated rings. The van der Waals surface area contributed by atoms with Crippen molar-refractivity contribution >= 4 is 29.5 Å². The molecule has 0 aliphatic carbocycles. The predicted octanol–water partition coefficient (Wildman–Crippen LogP) is 1.29. The highest BCUT2D eigenvalue weighted by Gasteiger charge is 2.04. The molecule has 3 N–H and O–H groups in total. The summed E-state index contributed by atoms with van der Waals surface area (Å²) in [6, 6.07) is 6.78. The first-order valence-electron chi connectivity index (χ1n) is 6.13. The van der Waals surface area contributed by atoms with Crippen LogP contribution in [0.5, 0.6) is 0 Å². The Morgan fingerprint density at radius 2 is 2.19 bits per heavy atom. The second-order valence-corrected chi connectivity index (χ2v) is 4.90. The molecule has 2 aromatic rings. The molecule has 3 amide bonds. The van der Waals surface area contributed by atoms with Crippen molar-refractivity contribution in [3.05, 3.63) is 46.5 Å². The molecule has 21 heavy (non-hydrogen) atoms. The number of thiophene rings is 1. The largest absolute Gasteiger partial charge is 0.467 e. The van der Waals surface area contributed by atoms with Crippen molar-refractivity contribution in [2.24, 2.45) is 5.10 Å². The molecule has 2 rings (SSSR count). The van der Waals surface area contributed by atoms with E-state index in [2.05, 4.69) is 21.2 Å². The Hall–Kier alpha value is -2.61. The van der Waals surface area contributed by atoms with Gasteiger partial charge in [-0.15, -0.1) is 11.3 Å². The first-order valence-corrected chi connectivity index (χ1v) is 7.01. The molecule has 0 aliphatic rings. The van der Waals surface area contributed by atoms with Crippen molar-refractivity contribution in [2.75, 3.05) is 6.54 Å². The van der Waals surface area contributed by atoms with Crippen LogP contribution in [0.25, 0.3) is 0 Å². The van der Waals surface area contributed by atoms with Gasteiger partial charge in [-0.1, -0.05) is 6.07 Å². The molecule has 8 heteroatoms. The minimum atomic E-state index is -0.455. The molecule has 0 aromatic carbocycles. The monoisotopic (exact) mass is 306 g/mol. The maximum absolute atomic E-state index is 11.4. The number of carbonyl (C=O) groups excluding carboxylic acids is 2. The second kappa shape index (κ2) is 7.85. The third-order valence-corrected chi connectivity index (χ3v) is 3.14. The zero-order valence-electron chi connectivity index (χ0n) is 11.0. The van der Waals surface area contributed by atoms with Gasteiger partial charge in [-0.3, -0.25) is 4.79 Å². The highest BCUT2D eigenvalue weighted by atomic mass is 32.1. The number of amides is 3. The summed E-state index contributed by atoms with van der Waals surface area (Å²) >= 11 is 1.51. The van der Waals surface area contributed by atoms with Crippen LogP contribution in [0.15, 0.2) is 45.4 Å². The maximum Gasteiger partial charge on any atom is 0.315 e. The SMILES string of the molecule is O=C(CNC(=O)NCc1ccco1)N/N=C\c1cccs1. The summed E-state index contributed by atoms with van der Waals surface area (Å²) in [5.74, 6) is 0.228. The van der Waals surface area contributed by atoms with E-state index in [4.69, 9.17) is 4.42 Å². The molecule has 2 aromatic heterocycles. The number of urea groups is 1. The second-order valence-electron chi connectivity index (χ2n) is 3.92. The van der Waals surface area contributed by atoms with Crippen molar-refractivity contribution in [2.45, 2.75) is 6.54 Å². The Morgan fingerprint density at radius 3 is 2.90 bits per heavy atom. The smallest absolute Gasteiger partial charge is 0.315 e. The topological polar surface area (TPSA) is 95.7 Å². The summed E-state index contributed by atoms with van der Waals surface area (Å²) in [5.41, 5.74) is 2.32. The Morgan fingerprint density at radius 1 is 1.29 bits per heavy atom. The van der Waals surface area contributed by atoms with Crippen LogP contribution in [-0.4, -0.2) is 24.7 Å². The van der Waals surface area contributed by atoms with E-state index in [1.54, 1.807) is 18.3 Å². The Bertz CT molecular complexity index is 593. The van der Waals surface area contributed by atoms with Crippen molar-refractivity contribution < 1.29 is 14.0 Å². The molecule has 0 atom stereocenters. The van der Waals surface area contributed by atoms with Crippen molar-refractivity contribution in [3.8, 4) is 0 Å². The lowest BCUT2D eigenvalue weighted by atomic mass is 10.4. The van der Waals surface area contributed by atoms with Crippen LogP contribution in [0, 0.1) is 0 Å². The molecule has 0 bridgehead atoms. The molecular formula is C13H14N4O3S. The summed E-state index contributed by atoms with van der Waals surface area (Å²) in [6.45, 7) is 0.1000. The molecular weight excluding hydrogens is 292 g/mol. The summed E-state index contributed by atoms with van der Waals surface area (Å²) < 4.78 is 5.06. The van der Waals surface area contributed by atoms with Gasteiger partial charge in [0.05, 0.1) is 19.0 Å². The third kappa shape index (κ3) is 5.49. The van der Waals surface area contributed by atoms with Crippen molar-refractivity contribution in [1.82, 2.24) is 16.1 Å². The summed E-state index contributed by atoms with van der Waals surface area (Å²) in [4.78, 5) is 23.8. The number of carbonyl (C=O) groups is 2. The van der Waals surface area contributed by atoms with E-state index >= 15 is 0 Å². The van der Waals surface area contributed by atoms with Gasteiger partial charge in [0.25, 0.3) is 5.91 Å². The molecule has 0 spiro atoms. The molecule has 0 aliphatic heterocycles. The predicted molar refractivity (Wildman–Crippen MR) is 79.0 cm³/mol. The Kier molecular flexibility index (Phi) is 5.53. The highest BCUT2D eigenvalue weighted by molar-refractivity contribution is 7.11. The number of rotatable bonds is 6. The number of hydrogen-bond donors (Lipinski definition) is 3. The zero-order valence-corrected chi connectivity index (χ0v) is 11.9. The van der Waals surface area contributed by atoms with E-state index in [9.17, 15) is 9.59 Å². The van der Waals surface area contributed by atoms with Gasteiger partial charge in [0.15, 0.2) is 0 Å². The van der Waals surface area contributed by atoms with Gasteiger partial charge in [-0.05, 0) is 23.6 Å². The average Bonchev–Trinajstić information content (AvgIpc) is 3.16. The summed E-state index contributed by atoms with van der Waals surface area (Å²) in [5, 5.41) is 10.7. The lowest BCUT2D eigenvalue weighted by Crippen LogP contribution is -2.40. The molecule has 0 unspecified atom stereocenters. The number of nitrogens with zero attached hydrogens (tertiary/aromatic N) is 1. The van der Waals surface area contributed by atoms with Crippen LogP contribution >= 0.6 is 11.3 Å². The van der Waals surface area contributed by atoms with Crippen molar-refractivity contribution in [3.63, 3.8) is 0 Å². The van der Waals surface area contributed by atoms with Crippen LogP contribution in [0.3, 0.4) is 0 Å². The van der Waals surface area contributed by atoms with Crippen LogP contribution in [0.2, 0.25) is 0 Å². The fraction of sp³-hybridized carbons (Fsp3) is 0.154. The highest BCUT2D eigenvalue weighted by Crippen LogP contribution is 2.03. The van der Waals surface area contributed by atoms with Gasteiger partial charge in [0.1, 0.15) is 12.3 Å². The van der Waals surface area contributed by atoms with Gasteiger partial charge >= 0.3 is 6.03 Å². The van der Waals surface area contributed by atoms with Gasteiger partial charge in [0.2, 0.25) is 0 Å².